The van der Waals surface area contributed by atoms with Crippen molar-refractivity contribution in [1.29, 1.82) is 0 Å². The van der Waals surface area contributed by atoms with Crippen molar-refractivity contribution in [2.45, 2.75) is 25.9 Å². The number of fused-ring (bicyclic) bond motifs is 1. The number of rotatable bonds is 9. The molecular formula is C29H29N3O4. The van der Waals surface area contributed by atoms with Crippen molar-refractivity contribution >= 4 is 5.91 Å². The molecule has 0 saturated heterocycles. The van der Waals surface area contributed by atoms with Gasteiger partial charge in [0, 0.05) is 17.7 Å². The molecule has 2 heterocycles. The van der Waals surface area contributed by atoms with Crippen LogP contribution in [0.1, 0.15) is 46.6 Å². The predicted octanol–water partition coefficient (Wildman–Crippen LogP) is 5.63. The van der Waals surface area contributed by atoms with E-state index in [1.165, 1.54) is 0 Å². The van der Waals surface area contributed by atoms with Gasteiger partial charge in [0.1, 0.15) is 22.9 Å². The van der Waals surface area contributed by atoms with Gasteiger partial charge in [-0.25, -0.2) is 0 Å². The van der Waals surface area contributed by atoms with E-state index < -0.39 is 0 Å². The molecule has 7 heteroatoms. The van der Waals surface area contributed by atoms with Crippen molar-refractivity contribution in [1.82, 2.24) is 15.1 Å². The number of ether oxygens (including phenoxy) is 3. The molecule has 0 fully saturated rings. The fraction of sp³-hybridized carbons (Fsp3) is 0.241. The lowest BCUT2D eigenvalue weighted by Gasteiger charge is -2.27. The molecule has 36 heavy (non-hydrogen) atoms. The molecule has 184 valence electrons. The zero-order chi connectivity index (χ0) is 25.1. The highest BCUT2D eigenvalue weighted by Gasteiger charge is 2.42. The molecule has 1 aliphatic heterocycles. The van der Waals surface area contributed by atoms with E-state index in [1.54, 1.807) is 14.2 Å². The Bertz CT molecular complexity index is 1350. The predicted molar refractivity (Wildman–Crippen MR) is 138 cm³/mol. The SMILES string of the molecule is CCCOc1cccc(C2c3c(-c4ccc(OC)cc4)n[nH]c3C(=O)N2Cc2ccc(OC)cc2)c1. The summed E-state index contributed by atoms with van der Waals surface area (Å²) in [6.07, 6.45) is 0.920. The van der Waals surface area contributed by atoms with Gasteiger partial charge in [-0.3, -0.25) is 9.89 Å². The molecule has 4 aromatic rings. The van der Waals surface area contributed by atoms with E-state index in [2.05, 4.69) is 17.1 Å². The lowest BCUT2D eigenvalue weighted by Crippen LogP contribution is -2.29. The van der Waals surface area contributed by atoms with Crippen LogP contribution in [0.2, 0.25) is 0 Å². The van der Waals surface area contributed by atoms with Gasteiger partial charge in [-0.1, -0.05) is 31.2 Å². The van der Waals surface area contributed by atoms with Gasteiger partial charge in [-0.2, -0.15) is 5.10 Å². The lowest BCUT2D eigenvalue weighted by atomic mass is 9.95. The van der Waals surface area contributed by atoms with Crippen LogP contribution in [0.5, 0.6) is 17.2 Å². The molecular weight excluding hydrogens is 454 g/mol. The van der Waals surface area contributed by atoms with E-state index >= 15 is 0 Å². The Morgan fingerprint density at radius 3 is 2.28 bits per heavy atom. The van der Waals surface area contributed by atoms with Gasteiger partial charge in [-0.15, -0.1) is 0 Å². The van der Waals surface area contributed by atoms with E-state index in [-0.39, 0.29) is 11.9 Å². The molecule has 5 rings (SSSR count). The van der Waals surface area contributed by atoms with Crippen molar-refractivity contribution in [2.75, 3.05) is 20.8 Å². The van der Waals surface area contributed by atoms with Crippen LogP contribution >= 0.6 is 0 Å². The normalized spacial score (nSPS) is 14.6. The molecule has 0 bridgehead atoms. The van der Waals surface area contributed by atoms with Crippen LogP contribution in [0.4, 0.5) is 0 Å². The second kappa shape index (κ2) is 10.2. The topological polar surface area (TPSA) is 76.7 Å². The third kappa shape index (κ3) is 4.40. The van der Waals surface area contributed by atoms with Crippen molar-refractivity contribution in [3.05, 3.63) is 95.2 Å². The molecule has 7 nitrogen and oxygen atoms in total. The molecule has 1 aromatic heterocycles. The number of hydrogen-bond acceptors (Lipinski definition) is 5. The molecule has 0 saturated carbocycles. The second-order valence-corrected chi connectivity index (χ2v) is 8.69. The Morgan fingerprint density at radius 2 is 1.61 bits per heavy atom. The summed E-state index contributed by atoms with van der Waals surface area (Å²) in [7, 11) is 3.28. The third-order valence-corrected chi connectivity index (χ3v) is 6.39. The molecule has 0 aliphatic carbocycles. The molecule has 1 aliphatic rings. The summed E-state index contributed by atoms with van der Waals surface area (Å²) in [5, 5.41) is 7.59. The van der Waals surface area contributed by atoms with Gasteiger partial charge >= 0.3 is 0 Å². The number of methoxy groups -OCH3 is 2. The number of aromatic nitrogens is 2. The first-order chi connectivity index (χ1) is 17.6. The minimum absolute atomic E-state index is 0.0852. The monoisotopic (exact) mass is 483 g/mol. The first-order valence-electron chi connectivity index (χ1n) is 12.0. The first-order valence-corrected chi connectivity index (χ1v) is 12.0. The Hall–Kier alpha value is -4.26. The first kappa shape index (κ1) is 23.5. The number of benzene rings is 3. The minimum atomic E-state index is -0.323. The van der Waals surface area contributed by atoms with Crippen LogP contribution in [0, 0.1) is 0 Å². The maximum absolute atomic E-state index is 13.7. The Labute approximate surface area is 210 Å². The van der Waals surface area contributed by atoms with Gasteiger partial charge in [-0.05, 0) is 66.1 Å². The molecule has 1 atom stereocenters. The highest BCUT2D eigenvalue weighted by atomic mass is 16.5. The van der Waals surface area contributed by atoms with E-state index in [1.807, 2.05) is 77.7 Å². The highest BCUT2D eigenvalue weighted by Crippen LogP contribution is 2.44. The maximum Gasteiger partial charge on any atom is 0.273 e. The zero-order valence-electron chi connectivity index (χ0n) is 20.7. The summed E-state index contributed by atoms with van der Waals surface area (Å²) in [5.41, 5.74) is 5.03. The third-order valence-electron chi connectivity index (χ3n) is 6.39. The fourth-order valence-corrected chi connectivity index (χ4v) is 4.60. The molecule has 1 unspecified atom stereocenters. The molecule has 1 N–H and O–H groups in total. The summed E-state index contributed by atoms with van der Waals surface area (Å²) in [6, 6.07) is 23.2. The van der Waals surface area contributed by atoms with E-state index in [0.717, 1.165) is 51.6 Å². The number of H-pyrrole nitrogens is 1. The number of nitrogens with one attached hydrogen (secondary N) is 1. The van der Waals surface area contributed by atoms with Crippen LogP contribution in [-0.4, -0.2) is 41.8 Å². The summed E-state index contributed by atoms with van der Waals surface area (Å²) in [6.45, 7) is 3.16. The van der Waals surface area contributed by atoms with Gasteiger partial charge in [0.2, 0.25) is 0 Å². The Morgan fingerprint density at radius 1 is 0.917 bits per heavy atom. The average Bonchev–Trinajstić information content (AvgIpc) is 3.47. The van der Waals surface area contributed by atoms with Crippen molar-refractivity contribution in [3.63, 3.8) is 0 Å². The largest absolute Gasteiger partial charge is 0.497 e. The smallest absolute Gasteiger partial charge is 0.273 e. The molecule has 3 aromatic carbocycles. The van der Waals surface area contributed by atoms with Crippen molar-refractivity contribution < 1.29 is 19.0 Å². The zero-order valence-corrected chi connectivity index (χ0v) is 20.7. The Kier molecular flexibility index (Phi) is 6.62. The van der Waals surface area contributed by atoms with Crippen LogP contribution < -0.4 is 14.2 Å². The highest BCUT2D eigenvalue weighted by molar-refractivity contribution is 6.00. The molecule has 0 spiro atoms. The standard InChI is InChI=1S/C29H29N3O4/c1-4-16-36-24-7-5-6-21(17-24)28-25-26(20-10-14-23(35-3)15-11-20)30-31-27(25)29(33)32(28)18-19-8-12-22(34-2)13-9-19/h5-15,17,28H,4,16,18H2,1-3H3,(H,30,31). The van der Waals surface area contributed by atoms with Gasteiger partial charge in [0.05, 0.1) is 32.6 Å². The molecule has 0 radical (unpaired) electrons. The minimum Gasteiger partial charge on any atom is -0.497 e. The van der Waals surface area contributed by atoms with E-state index in [0.29, 0.717) is 18.8 Å². The van der Waals surface area contributed by atoms with E-state index in [9.17, 15) is 4.79 Å². The fourth-order valence-electron chi connectivity index (χ4n) is 4.60. The van der Waals surface area contributed by atoms with E-state index in [4.69, 9.17) is 14.2 Å². The van der Waals surface area contributed by atoms with Crippen LogP contribution in [0.3, 0.4) is 0 Å². The quantitative estimate of drug-likeness (QED) is 0.334. The number of hydrogen-bond donors (Lipinski definition) is 1. The molecule has 1 amide bonds. The van der Waals surface area contributed by atoms with Gasteiger partial charge in [0.15, 0.2) is 0 Å². The van der Waals surface area contributed by atoms with Crippen LogP contribution in [-0.2, 0) is 6.54 Å². The maximum atomic E-state index is 13.7. The van der Waals surface area contributed by atoms with Crippen LogP contribution in [0.15, 0.2) is 72.8 Å². The van der Waals surface area contributed by atoms with Crippen molar-refractivity contribution in [2.24, 2.45) is 0 Å². The number of carbonyl (C=O) groups is 1. The summed E-state index contributed by atoms with van der Waals surface area (Å²) >= 11 is 0. The number of aromatic amines is 1. The lowest BCUT2D eigenvalue weighted by molar-refractivity contribution is 0.0730. The summed E-state index contributed by atoms with van der Waals surface area (Å²) in [4.78, 5) is 15.6. The van der Waals surface area contributed by atoms with Gasteiger partial charge < -0.3 is 19.1 Å². The second-order valence-electron chi connectivity index (χ2n) is 8.69. The number of nitrogens with zero attached hydrogens (tertiary/aromatic N) is 2. The van der Waals surface area contributed by atoms with Crippen LogP contribution in [0.25, 0.3) is 11.3 Å². The Balaban J connectivity index is 1.59. The van der Waals surface area contributed by atoms with Gasteiger partial charge in [0.25, 0.3) is 5.91 Å². The summed E-state index contributed by atoms with van der Waals surface area (Å²) in [5.74, 6) is 2.24. The number of carbonyl (C=O) groups excluding carboxylic acids is 1. The average molecular weight is 484 g/mol. The summed E-state index contributed by atoms with van der Waals surface area (Å²) < 4.78 is 16.5. The van der Waals surface area contributed by atoms with Crippen molar-refractivity contribution in [3.8, 4) is 28.5 Å². The number of amides is 1.